The number of nitrogens with zero attached hydrogens (tertiary/aromatic N) is 3. The maximum Gasteiger partial charge on any atom is 0.233 e. The van der Waals surface area contributed by atoms with Crippen molar-refractivity contribution < 1.29 is 9.59 Å². The Bertz CT molecular complexity index is 605. The van der Waals surface area contributed by atoms with Gasteiger partial charge in [-0.05, 0) is 31.0 Å². The molecule has 0 atom stereocenters. The normalized spacial score (nSPS) is 15.6. The summed E-state index contributed by atoms with van der Waals surface area (Å²) in [5.41, 5.74) is 0.776. The first-order chi connectivity index (χ1) is 9.17. The molecule has 1 aromatic rings. The van der Waals surface area contributed by atoms with Crippen molar-refractivity contribution in [3.05, 3.63) is 29.3 Å². The van der Waals surface area contributed by atoms with E-state index in [1.165, 1.54) is 18.2 Å². The first-order valence-electron chi connectivity index (χ1n) is 5.97. The number of carbonyl (C=O) groups is 2. The van der Waals surface area contributed by atoms with E-state index < -0.39 is 0 Å². The third-order valence-electron chi connectivity index (χ3n) is 3.03. The van der Waals surface area contributed by atoms with Crippen molar-refractivity contribution in [2.45, 2.75) is 25.7 Å². The maximum atomic E-state index is 11.9. The van der Waals surface area contributed by atoms with Crippen LogP contribution in [0.2, 0.25) is 0 Å². The molecule has 0 aliphatic carbocycles. The lowest BCUT2D eigenvalue weighted by Crippen LogP contribution is -2.35. The van der Waals surface area contributed by atoms with Crippen molar-refractivity contribution in [3.63, 3.8) is 0 Å². The van der Waals surface area contributed by atoms with E-state index in [-0.39, 0.29) is 22.9 Å². The van der Waals surface area contributed by atoms with Gasteiger partial charge in [0.05, 0.1) is 16.8 Å². The van der Waals surface area contributed by atoms with Crippen molar-refractivity contribution in [3.8, 4) is 12.1 Å². The predicted molar refractivity (Wildman–Crippen MR) is 66.8 cm³/mol. The zero-order valence-corrected chi connectivity index (χ0v) is 10.2. The summed E-state index contributed by atoms with van der Waals surface area (Å²) < 4.78 is 0. The molecule has 0 spiro atoms. The van der Waals surface area contributed by atoms with E-state index in [0.29, 0.717) is 31.4 Å². The fourth-order valence-electron chi connectivity index (χ4n) is 2.06. The van der Waals surface area contributed by atoms with E-state index in [1.54, 1.807) is 0 Å². The molecule has 0 N–H and O–H groups in total. The third kappa shape index (κ3) is 2.46. The lowest BCUT2D eigenvalue weighted by Gasteiger charge is -2.19. The molecule has 1 aromatic carbocycles. The van der Waals surface area contributed by atoms with E-state index in [0.717, 1.165) is 4.90 Å². The molecule has 2 amide bonds. The number of carbonyl (C=O) groups excluding carboxylic acids is 2. The van der Waals surface area contributed by atoms with Gasteiger partial charge in [-0.1, -0.05) is 0 Å². The minimum absolute atomic E-state index is 0.171. The number of amides is 2. The highest BCUT2D eigenvalue weighted by Crippen LogP contribution is 2.23. The maximum absolute atomic E-state index is 11.9. The van der Waals surface area contributed by atoms with Gasteiger partial charge in [0.25, 0.3) is 0 Å². The molecular formula is C14H11N3O2. The Morgan fingerprint density at radius 1 is 0.947 bits per heavy atom. The van der Waals surface area contributed by atoms with E-state index in [9.17, 15) is 9.59 Å². The van der Waals surface area contributed by atoms with E-state index >= 15 is 0 Å². The number of hydrogen-bond acceptors (Lipinski definition) is 4. The number of anilines is 1. The van der Waals surface area contributed by atoms with Crippen LogP contribution in [0.1, 0.15) is 36.8 Å². The minimum Gasteiger partial charge on any atom is -0.274 e. The molecule has 0 saturated carbocycles. The van der Waals surface area contributed by atoms with Gasteiger partial charge in [0.1, 0.15) is 12.1 Å². The number of imide groups is 1. The zero-order chi connectivity index (χ0) is 13.8. The molecule has 0 unspecified atom stereocenters. The fraction of sp³-hybridized carbons (Fsp3) is 0.286. The monoisotopic (exact) mass is 253 g/mol. The van der Waals surface area contributed by atoms with Crippen molar-refractivity contribution in [2.75, 3.05) is 4.90 Å². The standard InChI is InChI=1S/C14H11N3O2/c15-8-10-5-6-12(7-11(10)9-16)17-13(18)3-1-2-4-14(17)19/h5-7H,1-4H2. The van der Waals surface area contributed by atoms with Gasteiger partial charge >= 0.3 is 0 Å². The number of benzene rings is 1. The van der Waals surface area contributed by atoms with Gasteiger partial charge in [0.2, 0.25) is 11.8 Å². The Kier molecular flexibility index (Phi) is 3.58. The summed E-state index contributed by atoms with van der Waals surface area (Å²) in [5.74, 6) is -0.507. The summed E-state index contributed by atoms with van der Waals surface area (Å²) in [6, 6.07) is 8.20. The molecule has 0 bridgehead atoms. The molecule has 5 heteroatoms. The fourth-order valence-corrected chi connectivity index (χ4v) is 2.06. The molecule has 19 heavy (non-hydrogen) atoms. The average Bonchev–Trinajstić information content (AvgIpc) is 2.59. The van der Waals surface area contributed by atoms with Gasteiger partial charge < -0.3 is 0 Å². The molecule has 94 valence electrons. The molecule has 5 nitrogen and oxygen atoms in total. The number of hydrogen-bond donors (Lipinski definition) is 0. The highest BCUT2D eigenvalue weighted by atomic mass is 16.2. The van der Waals surface area contributed by atoms with Gasteiger partial charge in [-0.15, -0.1) is 0 Å². The number of rotatable bonds is 1. The van der Waals surface area contributed by atoms with E-state index in [4.69, 9.17) is 10.5 Å². The Morgan fingerprint density at radius 3 is 2.05 bits per heavy atom. The molecule has 1 aliphatic rings. The minimum atomic E-state index is -0.254. The Morgan fingerprint density at radius 2 is 1.53 bits per heavy atom. The molecule has 1 heterocycles. The quantitative estimate of drug-likeness (QED) is 0.715. The van der Waals surface area contributed by atoms with Gasteiger partial charge in [-0.3, -0.25) is 14.5 Å². The molecular weight excluding hydrogens is 242 g/mol. The average molecular weight is 253 g/mol. The van der Waals surface area contributed by atoms with Gasteiger partial charge in [-0.25, -0.2) is 0 Å². The van der Waals surface area contributed by atoms with E-state index in [1.807, 2.05) is 12.1 Å². The largest absolute Gasteiger partial charge is 0.274 e. The third-order valence-corrected chi connectivity index (χ3v) is 3.03. The summed E-state index contributed by atoms with van der Waals surface area (Å²) in [7, 11) is 0. The second-order valence-electron chi connectivity index (χ2n) is 4.28. The van der Waals surface area contributed by atoms with Crippen LogP contribution in [-0.4, -0.2) is 11.8 Å². The zero-order valence-electron chi connectivity index (χ0n) is 10.2. The van der Waals surface area contributed by atoms with Crippen LogP contribution in [-0.2, 0) is 9.59 Å². The smallest absolute Gasteiger partial charge is 0.233 e. The second-order valence-corrected chi connectivity index (χ2v) is 4.28. The van der Waals surface area contributed by atoms with Crippen LogP contribution in [0.4, 0.5) is 5.69 Å². The Balaban J connectivity index is 2.46. The molecule has 2 rings (SSSR count). The van der Waals surface area contributed by atoms with Gasteiger partial charge in [0, 0.05) is 12.8 Å². The van der Waals surface area contributed by atoms with Crippen molar-refractivity contribution in [1.29, 1.82) is 10.5 Å². The van der Waals surface area contributed by atoms with Crippen molar-refractivity contribution in [1.82, 2.24) is 0 Å². The molecule has 0 aromatic heterocycles. The first kappa shape index (κ1) is 12.8. The summed E-state index contributed by atoms with van der Waals surface area (Å²) in [5, 5.41) is 17.8. The van der Waals surface area contributed by atoms with E-state index in [2.05, 4.69) is 0 Å². The summed E-state index contributed by atoms with van der Waals surface area (Å²) in [6.45, 7) is 0. The second kappa shape index (κ2) is 5.32. The first-order valence-corrected chi connectivity index (χ1v) is 5.97. The van der Waals surface area contributed by atoms with Crippen LogP contribution < -0.4 is 4.90 Å². The van der Waals surface area contributed by atoms with Gasteiger partial charge in [0.15, 0.2) is 0 Å². The van der Waals surface area contributed by atoms with Crippen LogP contribution in [0.5, 0.6) is 0 Å². The summed E-state index contributed by atoms with van der Waals surface area (Å²) in [6.07, 6.45) is 2.05. The highest BCUT2D eigenvalue weighted by molar-refractivity contribution is 6.15. The Hall–Kier alpha value is -2.66. The predicted octanol–water partition coefficient (Wildman–Crippen LogP) is 1.86. The highest BCUT2D eigenvalue weighted by Gasteiger charge is 2.26. The number of nitriles is 2. The van der Waals surface area contributed by atoms with Gasteiger partial charge in [-0.2, -0.15) is 10.5 Å². The SMILES string of the molecule is N#Cc1ccc(N2C(=O)CCCCC2=O)cc1C#N. The Labute approximate surface area is 110 Å². The lowest BCUT2D eigenvalue weighted by atomic mass is 10.1. The van der Waals surface area contributed by atoms with Crippen LogP contribution in [0.15, 0.2) is 18.2 Å². The molecule has 1 aliphatic heterocycles. The molecule has 1 fully saturated rings. The summed E-state index contributed by atoms with van der Waals surface area (Å²) >= 11 is 0. The van der Waals surface area contributed by atoms with Crippen LogP contribution >= 0.6 is 0 Å². The van der Waals surface area contributed by atoms with Crippen LogP contribution in [0.3, 0.4) is 0 Å². The summed E-state index contributed by atoms with van der Waals surface area (Å²) in [4.78, 5) is 25.0. The molecule has 1 saturated heterocycles. The lowest BCUT2D eigenvalue weighted by molar-refractivity contribution is -0.125. The van der Waals surface area contributed by atoms with Crippen LogP contribution in [0, 0.1) is 22.7 Å². The van der Waals surface area contributed by atoms with Crippen LogP contribution in [0.25, 0.3) is 0 Å². The molecule has 0 radical (unpaired) electrons. The van der Waals surface area contributed by atoms with Crippen molar-refractivity contribution >= 4 is 17.5 Å². The topological polar surface area (TPSA) is 85.0 Å². The van der Waals surface area contributed by atoms with Crippen molar-refractivity contribution in [2.24, 2.45) is 0 Å².